The Balaban J connectivity index is 1.78. The summed E-state index contributed by atoms with van der Waals surface area (Å²) in [6, 6.07) is 7.52. The maximum absolute atomic E-state index is 11.2. The molecule has 0 atom stereocenters. The summed E-state index contributed by atoms with van der Waals surface area (Å²) in [5.41, 5.74) is 1.68. The van der Waals surface area contributed by atoms with E-state index in [9.17, 15) is 10.1 Å². The Kier molecular flexibility index (Phi) is 5.34. The monoisotopic (exact) mass is 356 g/mol. The van der Waals surface area contributed by atoms with Gasteiger partial charge in [0.1, 0.15) is 21.7 Å². The second-order valence-electron chi connectivity index (χ2n) is 6.38. The molecule has 0 saturated heterocycles. The van der Waals surface area contributed by atoms with Crippen LogP contribution in [0.3, 0.4) is 0 Å². The van der Waals surface area contributed by atoms with Gasteiger partial charge in [0.05, 0.1) is 17.9 Å². The summed E-state index contributed by atoms with van der Waals surface area (Å²) >= 11 is 1.12. The molecular formula is C19H20N2O3S. The fraction of sp³-hybridized carbons (Fsp3) is 0.421. The van der Waals surface area contributed by atoms with Crippen molar-refractivity contribution in [2.24, 2.45) is 5.92 Å². The van der Waals surface area contributed by atoms with Gasteiger partial charge < -0.3 is 9.84 Å². The molecule has 3 rings (SSSR count). The Hall–Kier alpha value is -2.39. The van der Waals surface area contributed by atoms with E-state index in [0.29, 0.717) is 34.5 Å². The summed E-state index contributed by atoms with van der Waals surface area (Å²) < 4.78 is 5.89. The predicted molar refractivity (Wildman–Crippen MR) is 96.0 cm³/mol. The van der Waals surface area contributed by atoms with E-state index >= 15 is 0 Å². The van der Waals surface area contributed by atoms with E-state index in [2.05, 4.69) is 11.1 Å². The highest BCUT2D eigenvalue weighted by atomic mass is 32.1. The van der Waals surface area contributed by atoms with Crippen LogP contribution in [0, 0.1) is 24.2 Å². The normalized spacial score (nSPS) is 14.9. The molecule has 1 aliphatic carbocycles. The average molecular weight is 356 g/mol. The molecule has 1 N–H and O–H groups in total. The number of carbonyl (C=O) groups is 1. The van der Waals surface area contributed by atoms with Crippen LogP contribution in [0.25, 0.3) is 10.6 Å². The molecule has 1 aromatic carbocycles. The number of carboxylic acids is 1. The average Bonchev–Trinajstić information content (AvgIpc) is 3.02. The molecule has 2 aromatic rings. The first-order chi connectivity index (χ1) is 12.1. The van der Waals surface area contributed by atoms with Crippen molar-refractivity contribution in [2.45, 2.75) is 39.0 Å². The van der Waals surface area contributed by atoms with Crippen molar-refractivity contribution >= 4 is 17.3 Å². The van der Waals surface area contributed by atoms with Crippen LogP contribution >= 0.6 is 11.3 Å². The third-order valence-corrected chi connectivity index (χ3v) is 5.73. The van der Waals surface area contributed by atoms with Crippen molar-refractivity contribution in [2.75, 3.05) is 6.61 Å². The van der Waals surface area contributed by atoms with Gasteiger partial charge in [-0.2, -0.15) is 5.26 Å². The van der Waals surface area contributed by atoms with Crippen molar-refractivity contribution in [1.82, 2.24) is 4.98 Å². The van der Waals surface area contributed by atoms with Gasteiger partial charge in [0.25, 0.3) is 0 Å². The number of carboxylic acid groups (broad SMARTS) is 1. The minimum absolute atomic E-state index is 0.228. The van der Waals surface area contributed by atoms with E-state index in [1.165, 1.54) is 32.1 Å². The summed E-state index contributed by atoms with van der Waals surface area (Å²) in [5, 5.41) is 19.2. The van der Waals surface area contributed by atoms with Gasteiger partial charge in [0.15, 0.2) is 0 Å². The fourth-order valence-electron chi connectivity index (χ4n) is 3.16. The lowest BCUT2D eigenvalue weighted by atomic mass is 9.90. The molecule has 130 valence electrons. The number of aryl methyl sites for hydroxylation is 1. The minimum atomic E-state index is -0.978. The van der Waals surface area contributed by atoms with Gasteiger partial charge in [-0.25, -0.2) is 9.78 Å². The van der Waals surface area contributed by atoms with Crippen molar-refractivity contribution in [3.05, 3.63) is 34.3 Å². The first-order valence-electron chi connectivity index (χ1n) is 8.46. The van der Waals surface area contributed by atoms with Gasteiger partial charge >= 0.3 is 5.97 Å². The van der Waals surface area contributed by atoms with Crippen molar-refractivity contribution in [3.63, 3.8) is 0 Å². The van der Waals surface area contributed by atoms with Gasteiger partial charge in [-0.1, -0.05) is 19.3 Å². The van der Waals surface area contributed by atoms with E-state index < -0.39 is 5.97 Å². The lowest BCUT2D eigenvalue weighted by Crippen LogP contribution is -2.15. The largest absolute Gasteiger partial charge is 0.492 e. The third-order valence-electron chi connectivity index (χ3n) is 4.54. The standard InChI is InChI=1S/C19H20N2O3S/c1-12-17(19(22)23)25-18(21-12)14-7-8-16(15(9-14)10-20)24-11-13-5-3-2-4-6-13/h7-9,13H,2-6,11H2,1H3,(H,22,23). The van der Waals surface area contributed by atoms with Gasteiger partial charge in [-0.15, -0.1) is 11.3 Å². The molecule has 1 fully saturated rings. The van der Waals surface area contributed by atoms with Gasteiger partial charge in [0, 0.05) is 5.56 Å². The highest BCUT2D eigenvalue weighted by molar-refractivity contribution is 7.17. The Morgan fingerprint density at radius 3 is 2.80 bits per heavy atom. The molecule has 1 saturated carbocycles. The molecule has 1 aromatic heterocycles. The lowest BCUT2D eigenvalue weighted by molar-refractivity contribution is 0.0701. The number of rotatable bonds is 5. The molecule has 0 aliphatic heterocycles. The van der Waals surface area contributed by atoms with Crippen molar-refractivity contribution < 1.29 is 14.6 Å². The van der Waals surface area contributed by atoms with E-state index in [0.717, 1.165) is 16.9 Å². The molecule has 0 amide bonds. The molecule has 0 unspecified atom stereocenters. The Morgan fingerprint density at radius 2 is 2.16 bits per heavy atom. The highest BCUT2D eigenvalue weighted by Crippen LogP contribution is 2.32. The topological polar surface area (TPSA) is 83.2 Å². The summed E-state index contributed by atoms with van der Waals surface area (Å²) in [6.07, 6.45) is 6.20. The van der Waals surface area contributed by atoms with Crippen molar-refractivity contribution in [1.29, 1.82) is 5.26 Å². The van der Waals surface area contributed by atoms with E-state index in [-0.39, 0.29) is 4.88 Å². The molecule has 1 aliphatic rings. The number of aromatic nitrogens is 1. The second-order valence-corrected chi connectivity index (χ2v) is 7.38. The maximum Gasteiger partial charge on any atom is 0.347 e. The fourth-order valence-corrected chi connectivity index (χ4v) is 4.06. The minimum Gasteiger partial charge on any atom is -0.492 e. The summed E-state index contributed by atoms with van der Waals surface area (Å²) in [5.74, 6) is 0.178. The molecule has 0 radical (unpaired) electrons. The van der Waals surface area contributed by atoms with Gasteiger partial charge in [0.2, 0.25) is 0 Å². The van der Waals surface area contributed by atoms with Crippen LogP contribution in [0.4, 0.5) is 0 Å². The summed E-state index contributed by atoms with van der Waals surface area (Å²) in [4.78, 5) is 15.7. The smallest absolute Gasteiger partial charge is 0.347 e. The van der Waals surface area contributed by atoms with Crippen LogP contribution in [0.15, 0.2) is 18.2 Å². The lowest BCUT2D eigenvalue weighted by Gasteiger charge is -2.22. The van der Waals surface area contributed by atoms with Gasteiger partial charge in [-0.05, 0) is 43.9 Å². The molecule has 0 spiro atoms. The van der Waals surface area contributed by atoms with Crippen molar-refractivity contribution in [3.8, 4) is 22.4 Å². The molecule has 5 nitrogen and oxygen atoms in total. The zero-order valence-corrected chi connectivity index (χ0v) is 14.9. The number of nitriles is 1. The van der Waals surface area contributed by atoms with Crippen LogP contribution in [-0.4, -0.2) is 22.7 Å². The van der Waals surface area contributed by atoms with E-state index in [4.69, 9.17) is 9.84 Å². The molecule has 0 bridgehead atoms. The Morgan fingerprint density at radius 1 is 1.40 bits per heavy atom. The number of hydrogen-bond acceptors (Lipinski definition) is 5. The number of hydrogen-bond donors (Lipinski definition) is 1. The van der Waals surface area contributed by atoms with Crippen LogP contribution in [0.5, 0.6) is 5.75 Å². The van der Waals surface area contributed by atoms with Crippen LogP contribution in [0.1, 0.15) is 53.0 Å². The number of nitrogens with zero attached hydrogens (tertiary/aromatic N) is 2. The number of aromatic carboxylic acids is 1. The van der Waals surface area contributed by atoms with Crippen LogP contribution in [-0.2, 0) is 0 Å². The predicted octanol–water partition coefficient (Wildman–Crippen LogP) is 4.65. The number of thiazole rings is 1. The van der Waals surface area contributed by atoms with Crippen LogP contribution in [0.2, 0.25) is 0 Å². The molecule has 25 heavy (non-hydrogen) atoms. The maximum atomic E-state index is 11.2. The molecular weight excluding hydrogens is 336 g/mol. The Bertz CT molecular complexity index is 817. The number of ether oxygens (including phenoxy) is 1. The molecule has 1 heterocycles. The van der Waals surface area contributed by atoms with E-state index in [1.54, 1.807) is 19.1 Å². The Labute approximate surface area is 150 Å². The summed E-state index contributed by atoms with van der Waals surface area (Å²) in [7, 11) is 0. The first kappa shape index (κ1) is 17.4. The van der Waals surface area contributed by atoms with E-state index in [1.807, 2.05) is 6.07 Å². The van der Waals surface area contributed by atoms with Crippen LogP contribution < -0.4 is 4.74 Å². The zero-order valence-electron chi connectivity index (χ0n) is 14.1. The van der Waals surface area contributed by atoms with Gasteiger partial charge in [-0.3, -0.25) is 0 Å². The third kappa shape index (κ3) is 3.99. The zero-order chi connectivity index (χ0) is 17.8. The number of benzene rings is 1. The SMILES string of the molecule is Cc1nc(-c2ccc(OCC3CCCCC3)c(C#N)c2)sc1C(=O)O. The summed E-state index contributed by atoms with van der Waals surface area (Å²) in [6.45, 7) is 2.32. The highest BCUT2D eigenvalue weighted by Gasteiger charge is 2.18. The second kappa shape index (κ2) is 7.66. The quantitative estimate of drug-likeness (QED) is 0.843. The first-order valence-corrected chi connectivity index (χ1v) is 9.28. The molecule has 6 heteroatoms.